The molecule has 0 aliphatic carbocycles. The number of anilines is 2. The average molecular weight is 386 g/mol. The Hall–Kier alpha value is -3.20. The van der Waals surface area contributed by atoms with E-state index in [9.17, 15) is 9.59 Å². The van der Waals surface area contributed by atoms with E-state index in [1.54, 1.807) is 33.1 Å². The van der Waals surface area contributed by atoms with Crippen LogP contribution in [-0.4, -0.2) is 34.6 Å². The van der Waals surface area contributed by atoms with Crippen LogP contribution in [0.1, 0.15) is 22.3 Å². The average Bonchev–Trinajstić information content (AvgIpc) is 3.01. The van der Waals surface area contributed by atoms with Crippen LogP contribution >= 0.6 is 11.3 Å². The van der Waals surface area contributed by atoms with Gasteiger partial charge in [-0.1, -0.05) is 11.3 Å². The number of hydrogen-bond donors (Lipinski definition) is 2. The Morgan fingerprint density at radius 3 is 2.67 bits per heavy atom. The molecule has 9 heteroatoms. The van der Waals surface area contributed by atoms with Gasteiger partial charge in [-0.25, -0.2) is 14.8 Å². The first kappa shape index (κ1) is 18.6. The Kier molecular flexibility index (Phi) is 5.51. The van der Waals surface area contributed by atoms with Crippen LogP contribution in [-0.2, 0) is 4.74 Å². The van der Waals surface area contributed by atoms with Gasteiger partial charge in [0.25, 0.3) is 5.56 Å². The molecule has 27 heavy (non-hydrogen) atoms. The van der Waals surface area contributed by atoms with Gasteiger partial charge in [-0.2, -0.15) is 0 Å². The van der Waals surface area contributed by atoms with Gasteiger partial charge in [-0.05, 0) is 38.1 Å². The van der Waals surface area contributed by atoms with E-state index in [1.165, 1.54) is 6.07 Å². The summed E-state index contributed by atoms with van der Waals surface area (Å²) in [5, 5.41) is 3.38. The molecule has 0 saturated heterocycles. The van der Waals surface area contributed by atoms with Crippen LogP contribution in [0.2, 0.25) is 0 Å². The smallest absolute Gasteiger partial charge is 0.350 e. The number of nitrogens with one attached hydrogen (secondary N) is 2. The van der Waals surface area contributed by atoms with Crippen molar-refractivity contribution in [3.8, 4) is 17.0 Å². The number of aromatic amines is 1. The maximum Gasteiger partial charge on any atom is 0.350 e. The number of benzene rings is 1. The van der Waals surface area contributed by atoms with Crippen molar-refractivity contribution in [1.82, 2.24) is 15.0 Å². The lowest BCUT2D eigenvalue weighted by atomic mass is 10.1. The van der Waals surface area contributed by atoms with Crippen LogP contribution in [0.5, 0.6) is 5.75 Å². The second-order valence-electron chi connectivity index (χ2n) is 5.49. The Morgan fingerprint density at radius 1 is 1.26 bits per heavy atom. The predicted molar refractivity (Wildman–Crippen MR) is 103 cm³/mol. The topological polar surface area (TPSA) is 106 Å². The minimum absolute atomic E-state index is 0.234. The Balaban J connectivity index is 1.87. The van der Waals surface area contributed by atoms with Gasteiger partial charge >= 0.3 is 5.97 Å². The zero-order chi connectivity index (χ0) is 19.4. The molecule has 0 aliphatic rings. The molecule has 0 saturated carbocycles. The molecule has 140 valence electrons. The lowest BCUT2D eigenvalue weighted by molar-refractivity contribution is 0.0531. The molecule has 2 heterocycles. The van der Waals surface area contributed by atoms with Gasteiger partial charge in [0.1, 0.15) is 10.6 Å². The molecular formula is C18H18N4O4S. The molecule has 2 aromatic heterocycles. The van der Waals surface area contributed by atoms with Crippen molar-refractivity contribution >= 4 is 28.4 Å². The molecular weight excluding hydrogens is 368 g/mol. The van der Waals surface area contributed by atoms with E-state index in [0.717, 1.165) is 16.9 Å². The quantitative estimate of drug-likeness (QED) is 0.627. The molecule has 0 unspecified atom stereocenters. The molecule has 0 atom stereocenters. The van der Waals surface area contributed by atoms with Crippen LogP contribution in [0.15, 0.2) is 35.1 Å². The summed E-state index contributed by atoms with van der Waals surface area (Å²) in [4.78, 5) is 35.7. The molecule has 0 radical (unpaired) electrons. The van der Waals surface area contributed by atoms with Gasteiger partial charge in [0.05, 0.1) is 25.1 Å². The fraction of sp³-hybridized carbons (Fsp3) is 0.222. The maximum atomic E-state index is 12.0. The summed E-state index contributed by atoms with van der Waals surface area (Å²) in [5.41, 5.74) is 1.52. The summed E-state index contributed by atoms with van der Waals surface area (Å²) in [7, 11) is 1.59. The number of rotatable bonds is 6. The van der Waals surface area contributed by atoms with Gasteiger partial charge in [0.2, 0.25) is 5.95 Å². The third-order valence-corrected chi connectivity index (χ3v) is 4.66. The van der Waals surface area contributed by atoms with Crippen molar-refractivity contribution in [3.63, 3.8) is 0 Å². The predicted octanol–water partition coefficient (Wildman–Crippen LogP) is 3.13. The minimum atomic E-state index is -0.422. The fourth-order valence-corrected chi connectivity index (χ4v) is 3.22. The number of ether oxygens (including phenoxy) is 2. The van der Waals surface area contributed by atoms with Gasteiger partial charge < -0.3 is 14.8 Å². The second kappa shape index (κ2) is 8.00. The first-order valence-electron chi connectivity index (χ1n) is 8.17. The zero-order valence-electron chi connectivity index (χ0n) is 15.0. The van der Waals surface area contributed by atoms with Crippen LogP contribution < -0.4 is 15.6 Å². The molecule has 0 amide bonds. The number of thiazole rings is 1. The lowest BCUT2D eigenvalue weighted by Crippen LogP contribution is -2.10. The number of aryl methyl sites for hydroxylation is 1. The molecule has 3 aromatic rings. The highest BCUT2D eigenvalue weighted by Crippen LogP contribution is 2.26. The third kappa shape index (κ3) is 4.32. The van der Waals surface area contributed by atoms with Gasteiger partial charge in [-0.15, -0.1) is 0 Å². The van der Waals surface area contributed by atoms with Gasteiger partial charge in [-0.3, -0.25) is 9.78 Å². The minimum Gasteiger partial charge on any atom is -0.497 e. The molecule has 1 aromatic carbocycles. The third-order valence-electron chi connectivity index (χ3n) is 3.61. The van der Waals surface area contributed by atoms with Crippen molar-refractivity contribution in [2.75, 3.05) is 19.0 Å². The molecule has 8 nitrogen and oxygen atoms in total. The summed E-state index contributed by atoms with van der Waals surface area (Å²) in [6, 6.07) is 8.62. The number of hydrogen-bond acceptors (Lipinski definition) is 8. The second-order valence-corrected chi connectivity index (χ2v) is 6.49. The van der Waals surface area contributed by atoms with E-state index in [-0.39, 0.29) is 18.1 Å². The number of H-pyrrole nitrogens is 1. The Labute approximate surface area is 159 Å². The molecule has 0 spiro atoms. The molecule has 0 aliphatic heterocycles. The summed E-state index contributed by atoms with van der Waals surface area (Å²) in [6.07, 6.45) is 0. The van der Waals surface area contributed by atoms with Gasteiger partial charge in [0, 0.05) is 11.6 Å². The van der Waals surface area contributed by atoms with Crippen LogP contribution in [0.3, 0.4) is 0 Å². The number of esters is 1. The molecule has 3 rings (SSSR count). The van der Waals surface area contributed by atoms with Crippen molar-refractivity contribution in [2.45, 2.75) is 13.8 Å². The Morgan fingerprint density at radius 2 is 2.00 bits per heavy atom. The van der Waals surface area contributed by atoms with E-state index in [1.807, 2.05) is 12.1 Å². The highest BCUT2D eigenvalue weighted by Gasteiger charge is 2.17. The van der Waals surface area contributed by atoms with E-state index in [2.05, 4.69) is 20.3 Å². The summed E-state index contributed by atoms with van der Waals surface area (Å²) < 4.78 is 10.1. The van der Waals surface area contributed by atoms with E-state index < -0.39 is 5.97 Å². The van der Waals surface area contributed by atoms with Gasteiger partial charge in [0.15, 0.2) is 5.13 Å². The highest BCUT2D eigenvalue weighted by molar-refractivity contribution is 7.17. The zero-order valence-corrected chi connectivity index (χ0v) is 15.8. The number of carbonyl (C=O) groups excluding carboxylic acids is 1. The highest BCUT2D eigenvalue weighted by atomic mass is 32.1. The standard InChI is InChI=1S/C18H18N4O4S/c1-4-26-16(24)15-10(2)19-18(27-15)22-17-20-13(9-14(23)21-17)11-5-7-12(25-3)8-6-11/h5-9H,4H2,1-3H3,(H2,19,20,21,22,23). The van der Waals surface area contributed by atoms with Crippen LogP contribution in [0.4, 0.5) is 11.1 Å². The number of nitrogens with zero attached hydrogens (tertiary/aromatic N) is 2. The maximum absolute atomic E-state index is 12.0. The van der Waals surface area contributed by atoms with Crippen molar-refractivity contribution in [2.24, 2.45) is 0 Å². The first-order valence-corrected chi connectivity index (χ1v) is 8.99. The molecule has 0 bridgehead atoms. The van der Waals surface area contributed by atoms with Crippen LogP contribution in [0, 0.1) is 6.92 Å². The monoisotopic (exact) mass is 386 g/mol. The van der Waals surface area contributed by atoms with Crippen molar-refractivity contribution in [1.29, 1.82) is 0 Å². The first-order chi connectivity index (χ1) is 13.0. The van der Waals surface area contributed by atoms with Crippen molar-refractivity contribution in [3.05, 3.63) is 51.3 Å². The van der Waals surface area contributed by atoms with Crippen molar-refractivity contribution < 1.29 is 14.3 Å². The number of carbonyl (C=O) groups is 1. The summed E-state index contributed by atoms with van der Waals surface area (Å²) in [5.74, 6) is 0.526. The Bertz CT molecular complexity index is 1010. The lowest BCUT2D eigenvalue weighted by Gasteiger charge is -2.06. The SMILES string of the molecule is CCOC(=O)c1sc(Nc2nc(-c3ccc(OC)cc3)cc(=O)[nH]2)nc1C. The molecule has 2 N–H and O–H groups in total. The fourth-order valence-electron chi connectivity index (χ4n) is 2.36. The molecule has 0 fully saturated rings. The van der Waals surface area contributed by atoms with E-state index in [4.69, 9.17) is 9.47 Å². The number of aromatic nitrogens is 3. The number of methoxy groups -OCH3 is 1. The van der Waals surface area contributed by atoms with E-state index >= 15 is 0 Å². The largest absolute Gasteiger partial charge is 0.497 e. The van der Waals surface area contributed by atoms with Crippen LogP contribution in [0.25, 0.3) is 11.3 Å². The normalized spacial score (nSPS) is 10.5. The summed E-state index contributed by atoms with van der Waals surface area (Å²) in [6.45, 7) is 3.75. The summed E-state index contributed by atoms with van der Waals surface area (Å²) >= 11 is 1.14. The van der Waals surface area contributed by atoms with E-state index in [0.29, 0.717) is 27.1 Å².